The Labute approximate surface area is 177 Å². The van der Waals surface area contributed by atoms with Gasteiger partial charge in [-0.15, -0.1) is 0 Å². The lowest BCUT2D eigenvalue weighted by atomic mass is 10.1. The number of carbonyl (C=O) groups excluding carboxylic acids is 2. The number of benzene rings is 2. The van der Waals surface area contributed by atoms with E-state index in [1.807, 2.05) is 0 Å². The minimum absolute atomic E-state index is 0.0162. The van der Waals surface area contributed by atoms with Crippen LogP contribution in [0.25, 0.3) is 22.3 Å². The third-order valence-electron chi connectivity index (χ3n) is 4.27. The zero-order valence-electron chi connectivity index (χ0n) is 17.6. The molecule has 0 atom stereocenters. The van der Waals surface area contributed by atoms with Gasteiger partial charge in [0.15, 0.2) is 28.4 Å². The van der Waals surface area contributed by atoms with Gasteiger partial charge in [0.2, 0.25) is 5.75 Å². The molecule has 0 N–H and O–H groups in total. The number of ether oxygens (including phenoxy) is 5. The number of rotatable bonds is 6. The highest BCUT2D eigenvalue weighted by Gasteiger charge is 2.23. The van der Waals surface area contributed by atoms with Crippen LogP contribution in [-0.4, -0.2) is 33.3 Å². The van der Waals surface area contributed by atoms with Gasteiger partial charge >= 0.3 is 11.9 Å². The second kappa shape index (κ2) is 8.78. The van der Waals surface area contributed by atoms with Crippen molar-refractivity contribution in [1.29, 1.82) is 0 Å². The Morgan fingerprint density at radius 1 is 0.774 bits per heavy atom. The maximum absolute atomic E-state index is 12.9. The van der Waals surface area contributed by atoms with Crippen LogP contribution >= 0.6 is 0 Å². The summed E-state index contributed by atoms with van der Waals surface area (Å²) in [6, 6.07) is 7.43. The van der Waals surface area contributed by atoms with E-state index in [9.17, 15) is 14.4 Å². The van der Waals surface area contributed by atoms with Crippen molar-refractivity contribution >= 4 is 22.9 Å². The van der Waals surface area contributed by atoms with E-state index in [1.165, 1.54) is 53.4 Å². The van der Waals surface area contributed by atoms with Gasteiger partial charge in [0.1, 0.15) is 16.7 Å². The van der Waals surface area contributed by atoms with Gasteiger partial charge in [-0.3, -0.25) is 14.4 Å². The third kappa shape index (κ3) is 4.30. The predicted molar refractivity (Wildman–Crippen MR) is 110 cm³/mol. The van der Waals surface area contributed by atoms with Gasteiger partial charge in [-0.1, -0.05) is 0 Å². The van der Waals surface area contributed by atoms with Crippen molar-refractivity contribution in [2.24, 2.45) is 0 Å². The largest absolute Gasteiger partial charge is 0.493 e. The molecule has 0 saturated carbocycles. The Kier molecular flexibility index (Phi) is 6.15. The highest BCUT2D eigenvalue weighted by atomic mass is 16.6. The number of hydrogen-bond donors (Lipinski definition) is 0. The molecule has 9 heteroatoms. The number of esters is 2. The number of fused-ring (bicyclic) bond motifs is 1. The molecule has 9 nitrogen and oxygen atoms in total. The zero-order valence-corrected chi connectivity index (χ0v) is 17.6. The van der Waals surface area contributed by atoms with Crippen LogP contribution < -0.4 is 29.1 Å². The van der Waals surface area contributed by atoms with Gasteiger partial charge in [-0.25, -0.2) is 0 Å². The number of methoxy groups -OCH3 is 3. The molecule has 0 bridgehead atoms. The molecule has 0 aliphatic carbocycles. The van der Waals surface area contributed by atoms with Gasteiger partial charge in [-0.05, 0) is 18.2 Å². The van der Waals surface area contributed by atoms with Crippen LogP contribution in [0.1, 0.15) is 13.8 Å². The number of carbonyl (C=O) groups is 2. The van der Waals surface area contributed by atoms with Gasteiger partial charge in [0, 0.05) is 31.5 Å². The first-order chi connectivity index (χ1) is 14.8. The quantitative estimate of drug-likeness (QED) is 0.431. The van der Waals surface area contributed by atoms with Crippen LogP contribution in [0, 0.1) is 0 Å². The molecule has 1 heterocycles. The van der Waals surface area contributed by atoms with Crippen molar-refractivity contribution in [3.05, 3.63) is 40.6 Å². The first kappa shape index (κ1) is 21.7. The lowest BCUT2D eigenvalue weighted by molar-refractivity contribution is -0.133. The summed E-state index contributed by atoms with van der Waals surface area (Å²) in [7, 11) is 4.15. The van der Waals surface area contributed by atoms with E-state index in [0.29, 0.717) is 5.56 Å². The van der Waals surface area contributed by atoms with E-state index in [1.54, 1.807) is 12.1 Å². The molecule has 3 rings (SSSR count). The van der Waals surface area contributed by atoms with Crippen molar-refractivity contribution in [1.82, 2.24) is 0 Å². The third-order valence-corrected chi connectivity index (χ3v) is 4.27. The summed E-state index contributed by atoms with van der Waals surface area (Å²) >= 11 is 0. The molecular weight excluding hydrogens is 408 g/mol. The second-order valence-electron chi connectivity index (χ2n) is 6.34. The topological polar surface area (TPSA) is 110 Å². The van der Waals surface area contributed by atoms with E-state index in [-0.39, 0.29) is 45.5 Å². The first-order valence-electron chi connectivity index (χ1n) is 9.07. The second-order valence-corrected chi connectivity index (χ2v) is 6.34. The van der Waals surface area contributed by atoms with Crippen LogP contribution in [0.5, 0.6) is 28.7 Å². The molecular formula is C22H20O9. The highest BCUT2D eigenvalue weighted by molar-refractivity contribution is 5.91. The van der Waals surface area contributed by atoms with E-state index in [0.717, 1.165) is 0 Å². The molecule has 0 fully saturated rings. The van der Waals surface area contributed by atoms with Crippen molar-refractivity contribution in [3.63, 3.8) is 0 Å². The summed E-state index contributed by atoms with van der Waals surface area (Å²) in [5, 5.41) is 0.0896. The lowest BCUT2D eigenvalue weighted by Crippen LogP contribution is -2.09. The van der Waals surface area contributed by atoms with Crippen LogP contribution in [0.2, 0.25) is 0 Å². The molecule has 0 aliphatic heterocycles. The fourth-order valence-electron chi connectivity index (χ4n) is 3.04. The highest BCUT2D eigenvalue weighted by Crippen LogP contribution is 2.43. The Bertz CT molecular complexity index is 1220. The van der Waals surface area contributed by atoms with Crippen LogP contribution in [-0.2, 0) is 9.59 Å². The lowest BCUT2D eigenvalue weighted by Gasteiger charge is -2.15. The van der Waals surface area contributed by atoms with E-state index >= 15 is 0 Å². The van der Waals surface area contributed by atoms with Crippen LogP contribution in [0.4, 0.5) is 0 Å². The van der Waals surface area contributed by atoms with Crippen LogP contribution in [0.15, 0.2) is 39.5 Å². The van der Waals surface area contributed by atoms with E-state index < -0.39 is 17.4 Å². The summed E-state index contributed by atoms with van der Waals surface area (Å²) in [4.78, 5) is 35.7. The van der Waals surface area contributed by atoms with Crippen molar-refractivity contribution < 1.29 is 37.7 Å². The molecule has 31 heavy (non-hydrogen) atoms. The molecule has 0 saturated heterocycles. The van der Waals surface area contributed by atoms with E-state index in [2.05, 4.69) is 0 Å². The van der Waals surface area contributed by atoms with Gasteiger partial charge in [0.05, 0.1) is 21.3 Å². The fourth-order valence-corrected chi connectivity index (χ4v) is 3.04. The Hall–Kier alpha value is -4.01. The van der Waals surface area contributed by atoms with Crippen LogP contribution in [0.3, 0.4) is 0 Å². The van der Waals surface area contributed by atoms with Crippen molar-refractivity contribution in [2.45, 2.75) is 13.8 Å². The first-order valence-corrected chi connectivity index (χ1v) is 9.07. The maximum atomic E-state index is 12.9. The Morgan fingerprint density at radius 2 is 1.45 bits per heavy atom. The summed E-state index contributed by atoms with van der Waals surface area (Å²) in [6.07, 6.45) is 0. The monoisotopic (exact) mass is 428 g/mol. The molecule has 0 radical (unpaired) electrons. The smallest absolute Gasteiger partial charge is 0.308 e. The molecule has 2 aromatic carbocycles. The Morgan fingerprint density at radius 3 is 2.03 bits per heavy atom. The fraction of sp³-hybridized carbons (Fsp3) is 0.227. The molecule has 0 amide bonds. The SMILES string of the molecule is COc1cc(-c2cc(=O)c3c(OC)c(OC(C)=O)c(OC)cc3o2)ccc1OC(C)=O. The van der Waals surface area contributed by atoms with Crippen molar-refractivity contribution in [3.8, 4) is 40.1 Å². The summed E-state index contributed by atoms with van der Waals surface area (Å²) in [5.41, 5.74) is 0.246. The summed E-state index contributed by atoms with van der Waals surface area (Å²) in [6.45, 7) is 2.50. The minimum Gasteiger partial charge on any atom is -0.493 e. The molecule has 162 valence electrons. The van der Waals surface area contributed by atoms with Gasteiger partial charge in [-0.2, -0.15) is 0 Å². The average molecular weight is 428 g/mol. The average Bonchev–Trinajstić information content (AvgIpc) is 2.72. The predicted octanol–water partition coefficient (Wildman–Crippen LogP) is 3.34. The van der Waals surface area contributed by atoms with Gasteiger partial charge < -0.3 is 28.1 Å². The standard InChI is InChI=1S/C22H20O9/c1-11(23)29-15-7-6-13(8-17(15)26-3)16-9-14(25)20-18(31-16)10-19(27-4)21(22(20)28-5)30-12(2)24/h6-10H,1-5H3. The minimum atomic E-state index is -0.600. The molecule has 1 aromatic heterocycles. The number of hydrogen-bond acceptors (Lipinski definition) is 9. The van der Waals surface area contributed by atoms with Crippen molar-refractivity contribution in [2.75, 3.05) is 21.3 Å². The molecule has 0 spiro atoms. The van der Waals surface area contributed by atoms with Gasteiger partial charge in [0.25, 0.3) is 0 Å². The van der Waals surface area contributed by atoms with E-state index in [4.69, 9.17) is 28.1 Å². The molecule has 0 aliphatic rings. The molecule has 0 unspecified atom stereocenters. The molecule has 3 aromatic rings. The zero-order chi connectivity index (χ0) is 22.7. The summed E-state index contributed by atoms with van der Waals surface area (Å²) < 4.78 is 32.1. The Balaban J connectivity index is 2.22. The maximum Gasteiger partial charge on any atom is 0.308 e. The summed E-state index contributed by atoms with van der Waals surface area (Å²) in [5.74, 6) is -0.183. The normalized spacial score (nSPS) is 10.5.